The monoisotopic (exact) mass is 522 g/mol. The maximum atomic E-state index is 12.0. The molecule has 1 unspecified atom stereocenters. The Morgan fingerprint density at radius 3 is 2.47 bits per heavy atom. The molecule has 0 spiro atoms. The molecule has 2 aromatic carbocycles. The Morgan fingerprint density at radius 2 is 1.88 bits per heavy atom. The summed E-state index contributed by atoms with van der Waals surface area (Å²) in [6.07, 6.45) is 0.192. The van der Waals surface area contributed by atoms with Gasteiger partial charge in [0.1, 0.15) is 5.54 Å². The molecule has 0 bridgehead atoms. The van der Waals surface area contributed by atoms with E-state index in [1.165, 1.54) is 7.05 Å². The first-order valence-corrected chi connectivity index (χ1v) is 12.5. The number of hydrogen-bond donors (Lipinski definition) is 2. The lowest BCUT2D eigenvalue weighted by molar-refractivity contribution is 0.172. The highest BCUT2D eigenvalue weighted by Gasteiger charge is 2.35. The fourth-order valence-electron chi connectivity index (χ4n) is 3.22. The maximum absolute atomic E-state index is 12.0. The summed E-state index contributed by atoms with van der Waals surface area (Å²) >= 11 is 3.39. The van der Waals surface area contributed by atoms with Crippen LogP contribution in [0.1, 0.15) is 23.9 Å². The van der Waals surface area contributed by atoms with Gasteiger partial charge in [-0.15, -0.1) is 10.2 Å². The van der Waals surface area contributed by atoms with Gasteiger partial charge in [-0.05, 0) is 36.2 Å². The van der Waals surface area contributed by atoms with Crippen molar-refractivity contribution in [3.8, 4) is 11.5 Å². The highest BCUT2D eigenvalue weighted by Crippen LogP contribution is 2.31. The number of sulfonamides is 1. The van der Waals surface area contributed by atoms with Crippen molar-refractivity contribution in [3.63, 3.8) is 0 Å². The van der Waals surface area contributed by atoms with Crippen molar-refractivity contribution in [1.29, 1.82) is 0 Å². The molecule has 1 aromatic heterocycles. The molecule has 0 fully saturated rings. The van der Waals surface area contributed by atoms with E-state index in [9.17, 15) is 18.3 Å². The molecule has 9 nitrogen and oxygen atoms in total. The average Bonchev–Trinajstić information content (AvgIpc) is 3.23. The van der Waals surface area contributed by atoms with E-state index in [2.05, 4.69) is 31.4 Å². The van der Waals surface area contributed by atoms with Gasteiger partial charge in [0.25, 0.3) is 0 Å². The number of hydrogen-bond acceptors (Lipinski definition) is 6. The van der Waals surface area contributed by atoms with E-state index in [4.69, 9.17) is 4.42 Å². The van der Waals surface area contributed by atoms with Gasteiger partial charge in [0.05, 0.1) is 11.9 Å². The van der Waals surface area contributed by atoms with Crippen LogP contribution in [0.2, 0.25) is 0 Å². The second-order valence-corrected chi connectivity index (χ2v) is 10.2. The summed E-state index contributed by atoms with van der Waals surface area (Å²) < 4.78 is 31.0. The minimum Gasteiger partial charge on any atom is -0.465 e. The molecule has 3 aromatic rings. The van der Waals surface area contributed by atoms with E-state index in [1.54, 1.807) is 25.1 Å². The average molecular weight is 523 g/mol. The van der Waals surface area contributed by atoms with E-state index in [-0.39, 0.29) is 11.8 Å². The molecule has 0 aliphatic heterocycles. The summed E-state index contributed by atoms with van der Waals surface area (Å²) in [5, 5.41) is 20.6. The zero-order valence-corrected chi connectivity index (χ0v) is 20.1. The summed E-state index contributed by atoms with van der Waals surface area (Å²) in [6, 6.07) is 14.5. The lowest BCUT2D eigenvalue weighted by atomic mass is 9.93. The van der Waals surface area contributed by atoms with Crippen LogP contribution in [0.15, 0.2) is 52.9 Å². The Kier molecular flexibility index (Phi) is 6.89. The summed E-state index contributed by atoms with van der Waals surface area (Å²) in [4.78, 5) is 11.5. The number of carbonyl (C=O) groups is 1. The molecule has 1 heterocycles. The van der Waals surface area contributed by atoms with Gasteiger partial charge in [0.2, 0.25) is 21.8 Å². The fourth-order valence-corrected chi connectivity index (χ4v) is 4.04. The van der Waals surface area contributed by atoms with Gasteiger partial charge >= 0.3 is 6.09 Å². The quantitative estimate of drug-likeness (QED) is 0.431. The SMILES string of the molecule is CN(c1cc(CBr)cc(-c2nnc(C(C)(Cc3ccccc3)NC(=O)O)o2)c1)S(C)(=O)=O. The van der Waals surface area contributed by atoms with Crippen molar-refractivity contribution in [2.24, 2.45) is 0 Å². The first kappa shape index (κ1) is 23.7. The molecule has 2 N–H and O–H groups in total. The highest BCUT2D eigenvalue weighted by atomic mass is 79.9. The standard InChI is InChI=1S/C21H23BrN4O5S/c1-21(23-20(27)28,12-14-7-5-4-6-8-14)19-25-24-18(31-19)16-9-15(13-22)10-17(11-16)26(2)32(3,29)30/h4-11,23H,12-13H2,1-3H3,(H,27,28). The predicted molar refractivity (Wildman–Crippen MR) is 124 cm³/mol. The molecule has 11 heteroatoms. The van der Waals surface area contributed by atoms with Crippen molar-refractivity contribution in [2.45, 2.75) is 24.2 Å². The Balaban J connectivity index is 2.03. The first-order chi connectivity index (χ1) is 15.0. The molecule has 0 saturated carbocycles. The lowest BCUT2D eigenvalue weighted by Gasteiger charge is -2.25. The Hall–Kier alpha value is -2.92. The Morgan fingerprint density at radius 1 is 1.19 bits per heavy atom. The first-order valence-electron chi connectivity index (χ1n) is 9.55. The van der Waals surface area contributed by atoms with E-state index in [1.807, 2.05) is 30.3 Å². The van der Waals surface area contributed by atoms with E-state index < -0.39 is 21.7 Å². The van der Waals surface area contributed by atoms with E-state index in [0.717, 1.165) is 21.7 Å². The van der Waals surface area contributed by atoms with Crippen LogP contribution in [-0.2, 0) is 27.3 Å². The van der Waals surface area contributed by atoms with E-state index in [0.29, 0.717) is 23.0 Å². The molecular weight excluding hydrogens is 500 g/mol. The number of aromatic nitrogens is 2. The normalized spacial score (nSPS) is 13.4. The third-order valence-corrected chi connectivity index (χ3v) is 6.77. The number of nitrogens with zero attached hydrogens (tertiary/aromatic N) is 3. The van der Waals surface area contributed by atoms with E-state index >= 15 is 0 Å². The van der Waals surface area contributed by atoms with Gasteiger partial charge in [-0.1, -0.05) is 46.3 Å². The van der Waals surface area contributed by atoms with Gasteiger partial charge in [-0.25, -0.2) is 13.2 Å². The van der Waals surface area contributed by atoms with Gasteiger partial charge in [-0.3, -0.25) is 4.31 Å². The topological polar surface area (TPSA) is 126 Å². The van der Waals surface area contributed by atoms with Gasteiger partial charge < -0.3 is 14.8 Å². The molecule has 0 aliphatic rings. The van der Waals surface area contributed by atoms with Gasteiger partial charge in [-0.2, -0.15) is 0 Å². The number of amides is 1. The number of halogens is 1. The van der Waals surface area contributed by atoms with Crippen LogP contribution in [-0.4, -0.2) is 43.1 Å². The number of benzene rings is 2. The van der Waals surface area contributed by atoms with Crippen molar-refractivity contribution in [2.75, 3.05) is 17.6 Å². The molecule has 0 saturated heterocycles. The molecule has 0 aliphatic carbocycles. The number of rotatable bonds is 8. The summed E-state index contributed by atoms with van der Waals surface area (Å²) in [5.74, 6) is 0.249. The summed E-state index contributed by atoms with van der Waals surface area (Å²) in [7, 11) is -2.01. The van der Waals surface area contributed by atoms with Crippen LogP contribution in [0.5, 0.6) is 0 Å². The third kappa shape index (κ3) is 5.46. The molecule has 1 atom stereocenters. The second kappa shape index (κ2) is 9.29. The molecule has 1 amide bonds. The minimum absolute atomic E-state index is 0.0982. The molecule has 170 valence electrons. The smallest absolute Gasteiger partial charge is 0.405 e. The Bertz CT molecular complexity index is 1220. The largest absolute Gasteiger partial charge is 0.465 e. The summed E-state index contributed by atoms with van der Waals surface area (Å²) in [5.41, 5.74) is 1.49. The summed E-state index contributed by atoms with van der Waals surface area (Å²) in [6.45, 7) is 1.67. The fraction of sp³-hybridized carbons (Fsp3) is 0.286. The van der Waals surface area contributed by atoms with Crippen LogP contribution in [0.3, 0.4) is 0 Å². The van der Waals surface area contributed by atoms with Crippen LogP contribution >= 0.6 is 15.9 Å². The second-order valence-electron chi connectivity index (χ2n) is 7.59. The molecule has 0 radical (unpaired) electrons. The molecule has 3 rings (SSSR count). The number of carboxylic acid groups (broad SMARTS) is 1. The van der Waals surface area contributed by atoms with Crippen molar-refractivity contribution < 1.29 is 22.7 Å². The molecule has 32 heavy (non-hydrogen) atoms. The van der Waals surface area contributed by atoms with Crippen LogP contribution in [0, 0.1) is 0 Å². The van der Waals surface area contributed by atoms with Crippen molar-refractivity contribution in [3.05, 3.63) is 65.5 Å². The van der Waals surface area contributed by atoms with Gasteiger partial charge in [0.15, 0.2) is 0 Å². The van der Waals surface area contributed by atoms with Gasteiger partial charge in [0, 0.05) is 24.4 Å². The third-order valence-electron chi connectivity index (χ3n) is 4.92. The lowest BCUT2D eigenvalue weighted by Crippen LogP contribution is -2.44. The highest BCUT2D eigenvalue weighted by molar-refractivity contribution is 9.08. The molecular formula is C21H23BrN4O5S. The Labute approximate surface area is 194 Å². The van der Waals surface area contributed by atoms with Crippen molar-refractivity contribution >= 4 is 37.7 Å². The van der Waals surface area contributed by atoms with Crippen LogP contribution in [0.4, 0.5) is 10.5 Å². The zero-order valence-electron chi connectivity index (χ0n) is 17.7. The maximum Gasteiger partial charge on any atom is 0.405 e. The predicted octanol–water partition coefficient (Wildman–Crippen LogP) is 3.75. The van der Waals surface area contributed by atoms with Crippen LogP contribution in [0.25, 0.3) is 11.5 Å². The minimum atomic E-state index is -3.47. The number of anilines is 1. The van der Waals surface area contributed by atoms with Crippen molar-refractivity contribution in [1.82, 2.24) is 15.5 Å². The number of nitrogens with one attached hydrogen (secondary N) is 1. The number of alkyl halides is 1. The zero-order chi connectivity index (χ0) is 23.5. The van der Waals surface area contributed by atoms with Crippen LogP contribution < -0.4 is 9.62 Å².